The standard InChI is InChI=1S/C54H49ClFN3O4S2/c1-2-52(35-11-14-37(55)15-12-35)65(62,63)58-50-32-49-43(40-9-5-6-10-45(40)50)19-20-44-47(42-17-13-34-7-3-4-8-39(34)41(42)21-22-53(60)61)29-33(30-48(44)49)23-26-59-27-24-36(25-28-59)54-46-18-16-38(56)31-51(46)64-57-54/h2-5,7-9,11-20,29-31,36,50,52,58H,1,6,10,21-28,32H2,(H,60,61). The Morgan fingerprint density at radius 3 is 2.51 bits per heavy atom. The van der Waals surface area contributed by atoms with Crippen molar-refractivity contribution >= 4 is 76.3 Å². The highest BCUT2D eigenvalue weighted by atomic mass is 35.5. The van der Waals surface area contributed by atoms with Crippen molar-refractivity contribution in [1.82, 2.24) is 14.0 Å². The van der Waals surface area contributed by atoms with Gasteiger partial charge in [0.15, 0.2) is 0 Å². The first kappa shape index (κ1) is 43.4. The Morgan fingerprint density at radius 2 is 1.71 bits per heavy atom. The van der Waals surface area contributed by atoms with Crippen LogP contribution in [0.1, 0.15) is 76.8 Å². The summed E-state index contributed by atoms with van der Waals surface area (Å²) in [5.74, 6) is -0.751. The van der Waals surface area contributed by atoms with Gasteiger partial charge in [0.1, 0.15) is 11.1 Å². The average molecular weight is 923 g/mol. The van der Waals surface area contributed by atoms with Gasteiger partial charge in [0.25, 0.3) is 0 Å². The molecule has 1 aromatic heterocycles. The number of carbonyl (C=O) groups is 1. The molecule has 0 spiro atoms. The van der Waals surface area contributed by atoms with E-state index >= 15 is 0 Å². The van der Waals surface area contributed by atoms with Crippen molar-refractivity contribution < 1.29 is 22.7 Å². The van der Waals surface area contributed by atoms with Crippen LogP contribution in [0.3, 0.4) is 0 Å². The first-order valence-electron chi connectivity index (χ1n) is 22.4. The SMILES string of the molecule is C=CC(c1ccc(Cl)cc1)S(=O)(=O)NC1Cc2c(ccc3c(-c4ccc5ccccc5c4CCC(=O)O)cc(CCN4CCC(c5nsc6cc(F)ccc56)CC4)cc23)C2=C1CCC=C2. The van der Waals surface area contributed by atoms with E-state index in [1.165, 1.54) is 29.2 Å². The number of likely N-dealkylation sites (tertiary alicyclic amines) is 1. The van der Waals surface area contributed by atoms with Crippen molar-refractivity contribution in [2.24, 2.45) is 0 Å². The van der Waals surface area contributed by atoms with E-state index in [-0.39, 0.29) is 12.2 Å². The van der Waals surface area contributed by atoms with E-state index in [1.807, 2.05) is 18.2 Å². The van der Waals surface area contributed by atoms with Crippen LogP contribution in [0.4, 0.5) is 4.39 Å². The van der Waals surface area contributed by atoms with E-state index < -0.39 is 27.3 Å². The molecular formula is C54H49ClFN3O4S2. The number of fused-ring (bicyclic) bond motifs is 6. The van der Waals surface area contributed by atoms with Crippen LogP contribution in [-0.2, 0) is 34.1 Å². The summed E-state index contributed by atoms with van der Waals surface area (Å²) in [4.78, 5) is 14.6. The first-order chi connectivity index (χ1) is 31.5. The smallest absolute Gasteiger partial charge is 0.303 e. The summed E-state index contributed by atoms with van der Waals surface area (Å²) >= 11 is 7.56. The molecule has 2 unspecified atom stereocenters. The fraction of sp³-hybridized carbons (Fsp3) is 0.259. The maximum absolute atomic E-state index is 14.4. The van der Waals surface area contributed by atoms with Gasteiger partial charge in [-0.2, -0.15) is 4.37 Å². The summed E-state index contributed by atoms with van der Waals surface area (Å²) in [5, 5.41) is 14.8. The summed E-state index contributed by atoms with van der Waals surface area (Å²) in [6.45, 7) is 6.64. The van der Waals surface area contributed by atoms with Gasteiger partial charge in [0.2, 0.25) is 10.0 Å². The number of benzene rings is 6. The zero-order valence-corrected chi connectivity index (χ0v) is 38.3. The Hall–Kier alpha value is -5.49. The molecule has 10 rings (SSSR count). The molecule has 1 fully saturated rings. The van der Waals surface area contributed by atoms with Crippen LogP contribution >= 0.6 is 23.1 Å². The number of piperidine rings is 1. The van der Waals surface area contributed by atoms with E-state index in [0.29, 0.717) is 29.3 Å². The number of rotatable bonds is 13. The molecule has 2 aliphatic carbocycles. The van der Waals surface area contributed by atoms with Crippen molar-refractivity contribution in [1.29, 1.82) is 0 Å². The molecule has 330 valence electrons. The quantitative estimate of drug-likeness (QED) is 0.112. The number of aromatic nitrogens is 1. The van der Waals surface area contributed by atoms with Gasteiger partial charge < -0.3 is 10.0 Å². The molecular weight excluding hydrogens is 873 g/mol. The van der Waals surface area contributed by atoms with Gasteiger partial charge in [-0.3, -0.25) is 4.79 Å². The Bertz CT molecular complexity index is 3190. The molecule has 6 aromatic carbocycles. The number of hydrogen-bond acceptors (Lipinski definition) is 6. The first-order valence-corrected chi connectivity index (χ1v) is 25.1. The number of nitrogens with one attached hydrogen (secondary N) is 1. The maximum atomic E-state index is 14.4. The summed E-state index contributed by atoms with van der Waals surface area (Å²) in [7, 11) is -3.94. The number of allylic oxidation sites excluding steroid dienone is 3. The number of aryl methyl sites for hydroxylation is 1. The third kappa shape index (κ3) is 8.59. The number of hydrogen-bond donors (Lipinski definition) is 2. The average Bonchev–Trinajstić information content (AvgIpc) is 3.73. The fourth-order valence-electron chi connectivity index (χ4n) is 10.5. The normalized spacial score (nSPS) is 17.4. The number of carboxylic acids is 1. The summed E-state index contributed by atoms with van der Waals surface area (Å²) in [6, 6.07) is 32.8. The van der Waals surface area contributed by atoms with Crippen LogP contribution in [-0.4, -0.2) is 54.4 Å². The lowest BCUT2D eigenvalue weighted by molar-refractivity contribution is -0.136. The third-order valence-corrected chi connectivity index (χ3v) is 16.6. The van der Waals surface area contributed by atoms with E-state index in [0.717, 1.165) is 128 Å². The van der Waals surface area contributed by atoms with Gasteiger partial charge in [-0.05, 0) is 172 Å². The molecule has 0 radical (unpaired) electrons. The highest BCUT2D eigenvalue weighted by Crippen LogP contribution is 2.45. The largest absolute Gasteiger partial charge is 0.481 e. The number of nitrogens with zero attached hydrogens (tertiary/aromatic N) is 2. The van der Waals surface area contributed by atoms with E-state index in [4.69, 9.17) is 16.0 Å². The van der Waals surface area contributed by atoms with Crippen LogP contribution in [0.15, 0.2) is 134 Å². The summed E-state index contributed by atoms with van der Waals surface area (Å²) < 4.78 is 51.6. The molecule has 2 N–H and O–H groups in total. The highest BCUT2D eigenvalue weighted by molar-refractivity contribution is 7.89. The number of aliphatic carboxylic acids is 1. The third-order valence-electron chi connectivity index (χ3n) is 13.8. The van der Waals surface area contributed by atoms with E-state index in [9.17, 15) is 22.7 Å². The minimum atomic E-state index is -3.94. The highest BCUT2D eigenvalue weighted by Gasteiger charge is 2.35. The molecule has 2 atom stereocenters. The molecule has 11 heteroatoms. The monoisotopic (exact) mass is 921 g/mol. The predicted octanol–water partition coefficient (Wildman–Crippen LogP) is 12.4. The second kappa shape index (κ2) is 18.1. The molecule has 7 nitrogen and oxygen atoms in total. The molecule has 1 saturated heterocycles. The molecule has 0 saturated carbocycles. The number of sulfonamides is 1. The van der Waals surface area contributed by atoms with Crippen LogP contribution < -0.4 is 4.72 Å². The zero-order chi connectivity index (χ0) is 44.8. The number of carboxylic acid groups (broad SMARTS) is 1. The molecule has 3 aliphatic rings. The fourth-order valence-corrected chi connectivity index (χ4v) is 13.1. The van der Waals surface area contributed by atoms with Gasteiger partial charge in [-0.1, -0.05) is 103 Å². The predicted molar refractivity (Wildman–Crippen MR) is 264 cm³/mol. The van der Waals surface area contributed by atoms with Crippen molar-refractivity contribution in [2.75, 3.05) is 19.6 Å². The Labute approximate surface area is 388 Å². The van der Waals surface area contributed by atoms with E-state index in [2.05, 4.69) is 76.9 Å². The van der Waals surface area contributed by atoms with Gasteiger partial charge in [-0.25, -0.2) is 17.5 Å². The molecule has 0 bridgehead atoms. The summed E-state index contributed by atoms with van der Waals surface area (Å²) in [6.07, 6.45) is 11.0. The lowest BCUT2D eigenvalue weighted by Gasteiger charge is -2.34. The summed E-state index contributed by atoms with van der Waals surface area (Å²) in [5.41, 5.74) is 10.3. The number of halogens is 2. The van der Waals surface area contributed by atoms with Gasteiger partial charge >= 0.3 is 5.97 Å². The molecule has 0 amide bonds. The Morgan fingerprint density at radius 1 is 0.923 bits per heavy atom. The topological polar surface area (TPSA) is 99.6 Å². The minimum Gasteiger partial charge on any atom is -0.481 e. The van der Waals surface area contributed by atoms with Crippen LogP contribution in [0.5, 0.6) is 0 Å². The van der Waals surface area contributed by atoms with Crippen LogP contribution in [0.2, 0.25) is 5.02 Å². The van der Waals surface area contributed by atoms with Crippen molar-refractivity contribution in [3.05, 3.63) is 178 Å². The maximum Gasteiger partial charge on any atom is 0.303 e. The van der Waals surface area contributed by atoms with E-state index in [1.54, 1.807) is 30.3 Å². The lowest BCUT2D eigenvalue weighted by atomic mass is 9.76. The molecule has 1 aliphatic heterocycles. The molecule has 2 heterocycles. The zero-order valence-electron chi connectivity index (χ0n) is 35.9. The minimum absolute atomic E-state index is 0.00434. The van der Waals surface area contributed by atoms with Crippen molar-refractivity contribution in [3.8, 4) is 11.1 Å². The van der Waals surface area contributed by atoms with Crippen molar-refractivity contribution in [3.63, 3.8) is 0 Å². The van der Waals surface area contributed by atoms with Crippen molar-refractivity contribution in [2.45, 2.75) is 68.6 Å². The second-order valence-corrected chi connectivity index (χ2v) is 20.7. The lowest BCUT2D eigenvalue weighted by Crippen LogP contribution is -2.42. The Balaban J connectivity index is 1.04. The van der Waals surface area contributed by atoms with Gasteiger partial charge in [0, 0.05) is 35.3 Å². The van der Waals surface area contributed by atoms with Crippen LogP contribution in [0.25, 0.3) is 48.3 Å². The van der Waals surface area contributed by atoms with Crippen LogP contribution in [0, 0.1) is 5.82 Å². The van der Waals surface area contributed by atoms with Gasteiger partial charge in [0.05, 0.1) is 10.4 Å². The second-order valence-electron chi connectivity index (χ2n) is 17.6. The Kier molecular flexibility index (Phi) is 12.1. The molecule has 65 heavy (non-hydrogen) atoms. The molecule has 7 aromatic rings. The van der Waals surface area contributed by atoms with Gasteiger partial charge in [-0.15, -0.1) is 6.58 Å².